The van der Waals surface area contributed by atoms with E-state index in [9.17, 15) is 18.8 Å². The highest BCUT2D eigenvalue weighted by Gasteiger charge is 2.54. The van der Waals surface area contributed by atoms with E-state index in [4.69, 9.17) is 0 Å². The van der Waals surface area contributed by atoms with E-state index in [2.05, 4.69) is 5.32 Å². The Bertz CT molecular complexity index is 1010. The zero-order valence-corrected chi connectivity index (χ0v) is 17.7. The van der Waals surface area contributed by atoms with Crippen LogP contribution in [0.2, 0.25) is 0 Å². The molecule has 0 atom stereocenters. The Morgan fingerprint density at radius 3 is 2.35 bits per heavy atom. The van der Waals surface area contributed by atoms with Crippen LogP contribution in [0.5, 0.6) is 0 Å². The summed E-state index contributed by atoms with van der Waals surface area (Å²) in [5.41, 5.74) is 1.16. The number of amides is 4. The van der Waals surface area contributed by atoms with Gasteiger partial charge in [0.1, 0.15) is 11.4 Å². The molecule has 0 aliphatic carbocycles. The molecule has 1 spiro atoms. The normalized spacial score (nSPS) is 18.1. The molecular formula is C24H26FN3O3. The van der Waals surface area contributed by atoms with Crippen LogP contribution in [0.4, 0.5) is 9.18 Å². The number of hydrogen-bond donors (Lipinski definition) is 1. The molecule has 4 amide bonds. The fourth-order valence-electron chi connectivity index (χ4n) is 4.52. The lowest BCUT2D eigenvalue weighted by Crippen LogP contribution is -2.58. The van der Waals surface area contributed by atoms with Crippen molar-refractivity contribution in [1.82, 2.24) is 15.1 Å². The van der Waals surface area contributed by atoms with Crippen molar-refractivity contribution in [3.05, 3.63) is 59.9 Å². The van der Waals surface area contributed by atoms with Crippen LogP contribution in [0.25, 0.3) is 11.1 Å². The molecule has 2 saturated heterocycles. The van der Waals surface area contributed by atoms with Crippen LogP contribution in [0.15, 0.2) is 48.5 Å². The fraction of sp³-hybridized carbons (Fsp3) is 0.375. The van der Waals surface area contributed by atoms with E-state index in [1.807, 2.05) is 26.0 Å². The Morgan fingerprint density at radius 1 is 1.06 bits per heavy atom. The molecule has 2 aromatic carbocycles. The Hall–Kier alpha value is -3.22. The fourth-order valence-corrected chi connectivity index (χ4v) is 4.52. The summed E-state index contributed by atoms with van der Waals surface area (Å²) in [6, 6.07) is 13.0. The number of halogens is 1. The largest absolute Gasteiger partial charge is 0.338 e. The summed E-state index contributed by atoms with van der Waals surface area (Å²) >= 11 is 0. The summed E-state index contributed by atoms with van der Waals surface area (Å²) in [4.78, 5) is 41.7. The van der Waals surface area contributed by atoms with Crippen molar-refractivity contribution in [2.24, 2.45) is 5.92 Å². The van der Waals surface area contributed by atoms with Gasteiger partial charge in [-0.25, -0.2) is 9.18 Å². The molecule has 4 rings (SSSR count). The van der Waals surface area contributed by atoms with Gasteiger partial charge in [0.25, 0.3) is 11.8 Å². The molecular weight excluding hydrogens is 397 g/mol. The van der Waals surface area contributed by atoms with Crippen molar-refractivity contribution in [3.63, 3.8) is 0 Å². The number of imide groups is 1. The number of likely N-dealkylation sites (tertiary alicyclic amines) is 1. The molecule has 162 valence electrons. The maximum absolute atomic E-state index is 13.3. The van der Waals surface area contributed by atoms with E-state index in [1.165, 1.54) is 12.1 Å². The van der Waals surface area contributed by atoms with Gasteiger partial charge >= 0.3 is 6.03 Å². The van der Waals surface area contributed by atoms with E-state index in [0.29, 0.717) is 38.0 Å². The lowest BCUT2D eigenvalue weighted by molar-refractivity contribution is -0.129. The number of urea groups is 1. The van der Waals surface area contributed by atoms with Crippen LogP contribution in [-0.4, -0.2) is 52.8 Å². The highest BCUT2D eigenvalue weighted by molar-refractivity contribution is 6.07. The first kappa shape index (κ1) is 21.0. The lowest BCUT2D eigenvalue weighted by Gasteiger charge is -2.42. The molecule has 0 radical (unpaired) electrons. The second kappa shape index (κ2) is 8.13. The van der Waals surface area contributed by atoms with E-state index in [1.54, 1.807) is 34.1 Å². The molecule has 31 heavy (non-hydrogen) atoms. The van der Waals surface area contributed by atoms with Crippen LogP contribution in [0.3, 0.4) is 0 Å². The van der Waals surface area contributed by atoms with Gasteiger partial charge in [-0.2, -0.15) is 0 Å². The SMILES string of the molecule is CC(C)CN1C(=O)NC(=O)C12CCN(C(=O)c1ccccc1-c1ccc(F)cc1)CC2. The number of rotatable bonds is 4. The van der Waals surface area contributed by atoms with E-state index in [0.717, 1.165) is 11.1 Å². The monoisotopic (exact) mass is 423 g/mol. The zero-order valence-electron chi connectivity index (χ0n) is 17.7. The van der Waals surface area contributed by atoms with Crippen LogP contribution in [-0.2, 0) is 4.79 Å². The van der Waals surface area contributed by atoms with Crippen molar-refractivity contribution in [3.8, 4) is 11.1 Å². The molecule has 2 fully saturated rings. The van der Waals surface area contributed by atoms with Crippen molar-refractivity contribution in [1.29, 1.82) is 0 Å². The van der Waals surface area contributed by atoms with Crippen molar-refractivity contribution in [2.75, 3.05) is 19.6 Å². The molecule has 2 aliphatic rings. The average molecular weight is 423 g/mol. The van der Waals surface area contributed by atoms with Crippen molar-refractivity contribution in [2.45, 2.75) is 32.2 Å². The number of benzene rings is 2. The highest BCUT2D eigenvalue weighted by atomic mass is 19.1. The predicted octanol–water partition coefficient (Wildman–Crippen LogP) is 3.68. The molecule has 0 unspecified atom stereocenters. The third-order valence-corrected chi connectivity index (χ3v) is 6.14. The molecule has 1 N–H and O–H groups in total. The van der Waals surface area contributed by atoms with Gasteiger partial charge in [0.05, 0.1) is 0 Å². The first-order valence-corrected chi connectivity index (χ1v) is 10.6. The minimum atomic E-state index is -0.880. The maximum Gasteiger partial charge on any atom is 0.325 e. The molecule has 0 saturated carbocycles. The number of carbonyl (C=O) groups excluding carboxylic acids is 3. The molecule has 2 aliphatic heterocycles. The smallest absolute Gasteiger partial charge is 0.325 e. The Kier molecular flexibility index (Phi) is 5.52. The summed E-state index contributed by atoms with van der Waals surface area (Å²) in [6.07, 6.45) is 0.809. The third-order valence-electron chi connectivity index (χ3n) is 6.14. The topological polar surface area (TPSA) is 69.7 Å². The third kappa shape index (κ3) is 3.80. The van der Waals surface area contributed by atoms with E-state index < -0.39 is 5.54 Å². The molecule has 0 bridgehead atoms. The summed E-state index contributed by atoms with van der Waals surface area (Å²) in [6.45, 7) is 5.28. The summed E-state index contributed by atoms with van der Waals surface area (Å²) in [5, 5.41) is 2.46. The zero-order chi connectivity index (χ0) is 22.2. The number of hydrogen-bond acceptors (Lipinski definition) is 3. The minimum absolute atomic E-state index is 0.130. The van der Waals surface area contributed by atoms with Crippen LogP contribution < -0.4 is 5.32 Å². The second-order valence-electron chi connectivity index (χ2n) is 8.64. The summed E-state index contributed by atoms with van der Waals surface area (Å²) in [5.74, 6) is -0.494. The minimum Gasteiger partial charge on any atom is -0.338 e. The highest BCUT2D eigenvalue weighted by Crippen LogP contribution is 2.35. The first-order chi connectivity index (χ1) is 14.8. The van der Waals surface area contributed by atoms with Crippen molar-refractivity contribution < 1.29 is 18.8 Å². The Balaban J connectivity index is 1.55. The second-order valence-corrected chi connectivity index (χ2v) is 8.64. The van der Waals surface area contributed by atoms with Crippen LogP contribution in [0, 0.1) is 11.7 Å². The predicted molar refractivity (Wildman–Crippen MR) is 115 cm³/mol. The first-order valence-electron chi connectivity index (χ1n) is 10.6. The number of carbonyl (C=O) groups is 3. The van der Waals surface area contributed by atoms with Gasteiger partial charge < -0.3 is 9.80 Å². The van der Waals surface area contributed by atoms with Crippen LogP contribution in [0.1, 0.15) is 37.0 Å². The molecule has 6 nitrogen and oxygen atoms in total. The Labute approximate surface area is 181 Å². The quantitative estimate of drug-likeness (QED) is 0.763. The number of nitrogens with zero attached hydrogens (tertiary/aromatic N) is 2. The van der Waals surface area contributed by atoms with Gasteiger partial charge in [-0.15, -0.1) is 0 Å². The Morgan fingerprint density at radius 2 is 1.71 bits per heavy atom. The molecule has 0 aromatic heterocycles. The number of nitrogens with one attached hydrogen (secondary N) is 1. The standard InChI is InChI=1S/C24H26FN3O3/c1-16(2)15-28-23(31)26-22(30)24(28)11-13-27(14-12-24)21(29)20-6-4-3-5-19(20)17-7-9-18(25)10-8-17/h3-10,16H,11-15H2,1-2H3,(H,26,30,31). The van der Waals surface area contributed by atoms with Gasteiger partial charge in [-0.1, -0.05) is 44.2 Å². The summed E-state index contributed by atoms with van der Waals surface area (Å²) in [7, 11) is 0. The molecule has 7 heteroatoms. The van der Waals surface area contributed by atoms with Crippen LogP contribution >= 0.6 is 0 Å². The summed E-state index contributed by atoms with van der Waals surface area (Å²) < 4.78 is 13.3. The van der Waals surface area contributed by atoms with Crippen molar-refractivity contribution >= 4 is 17.8 Å². The lowest BCUT2D eigenvalue weighted by atomic mass is 9.85. The van der Waals surface area contributed by atoms with Gasteiger partial charge in [-0.05, 0) is 48.1 Å². The molecule has 2 aromatic rings. The van der Waals surface area contributed by atoms with Gasteiger partial charge in [0.2, 0.25) is 0 Å². The van der Waals surface area contributed by atoms with Gasteiger partial charge in [-0.3, -0.25) is 14.9 Å². The molecule has 2 heterocycles. The maximum atomic E-state index is 13.3. The van der Waals surface area contributed by atoms with Gasteiger partial charge in [0.15, 0.2) is 0 Å². The van der Waals surface area contributed by atoms with E-state index >= 15 is 0 Å². The average Bonchev–Trinajstić information content (AvgIpc) is 2.98. The van der Waals surface area contributed by atoms with E-state index in [-0.39, 0.29) is 29.6 Å². The number of piperidine rings is 1. The van der Waals surface area contributed by atoms with Gasteiger partial charge in [0, 0.05) is 25.2 Å².